The molecule has 0 amide bonds. The second-order valence-electron chi connectivity index (χ2n) is 4.64. The zero-order valence-corrected chi connectivity index (χ0v) is 12.3. The number of aliphatic hydroxyl groups excluding tert-OH is 1. The third-order valence-corrected chi connectivity index (χ3v) is 4.13. The Kier molecular flexibility index (Phi) is 4.42. The van der Waals surface area contributed by atoms with Gasteiger partial charge in [-0.1, -0.05) is 6.92 Å². The summed E-state index contributed by atoms with van der Waals surface area (Å²) in [5.74, 6) is -0.558. The highest BCUT2D eigenvalue weighted by Crippen LogP contribution is 2.31. The van der Waals surface area contributed by atoms with Gasteiger partial charge in [0.05, 0.1) is 23.8 Å². The van der Waals surface area contributed by atoms with E-state index in [0.717, 1.165) is 16.6 Å². The molecule has 1 aliphatic heterocycles. The molecule has 1 saturated heterocycles. The summed E-state index contributed by atoms with van der Waals surface area (Å²) in [6.45, 7) is 5.19. The number of aromatic nitrogens is 2. The van der Waals surface area contributed by atoms with E-state index in [2.05, 4.69) is 26.1 Å². The first-order chi connectivity index (χ1) is 8.56. The van der Waals surface area contributed by atoms with Crippen LogP contribution in [0.25, 0.3) is 0 Å². The van der Waals surface area contributed by atoms with Crippen LogP contribution in [0.1, 0.15) is 44.2 Å². The van der Waals surface area contributed by atoms with E-state index in [4.69, 9.17) is 9.47 Å². The van der Waals surface area contributed by atoms with Crippen molar-refractivity contribution in [1.82, 2.24) is 10.2 Å². The molecule has 0 spiro atoms. The summed E-state index contributed by atoms with van der Waals surface area (Å²) in [6.07, 6.45) is 1.45. The Hall–Kier alpha value is -0.430. The molecule has 0 radical (unpaired) electrons. The van der Waals surface area contributed by atoms with Crippen LogP contribution in [0.3, 0.4) is 0 Å². The second kappa shape index (κ2) is 5.69. The number of nitrogens with one attached hydrogen (secondary N) is 1. The molecule has 6 heteroatoms. The summed E-state index contributed by atoms with van der Waals surface area (Å²) in [4.78, 5) is 0. The third kappa shape index (κ3) is 2.93. The van der Waals surface area contributed by atoms with E-state index < -0.39 is 11.9 Å². The molecule has 1 aliphatic rings. The lowest BCUT2D eigenvalue weighted by Gasteiger charge is -2.23. The van der Waals surface area contributed by atoms with E-state index in [1.807, 2.05) is 13.8 Å². The summed E-state index contributed by atoms with van der Waals surface area (Å²) >= 11 is 3.46. The van der Waals surface area contributed by atoms with E-state index in [1.54, 1.807) is 0 Å². The Morgan fingerprint density at radius 2 is 2.17 bits per heavy atom. The number of aromatic amines is 1. The zero-order valence-electron chi connectivity index (χ0n) is 10.7. The SMILES string of the molecule is CCc1[nH]nc(C(O)CCC2(C)OCCO2)c1Br. The van der Waals surface area contributed by atoms with Crippen LogP contribution in [-0.4, -0.2) is 34.3 Å². The van der Waals surface area contributed by atoms with Crippen molar-refractivity contribution in [1.29, 1.82) is 0 Å². The Morgan fingerprint density at radius 1 is 1.50 bits per heavy atom. The van der Waals surface area contributed by atoms with Gasteiger partial charge in [-0.25, -0.2) is 0 Å². The standard InChI is InChI=1S/C12H19BrN2O3/c1-3-8-10(13)11(15-14-8)9(16)4-5-12(2)17-6-7-18-12/h9,16H,3-7H2,1-2H3,(H,14,15). The number of aliphatic hydroxyl groups is 1. The van der Waals surface area contributed by atoms with Crippen molar-refractivity contribution >= 4 is 15.9 Å². The molecule has 102 valence electrons. The van der Waals surface area contributed by atoms with Gasteiger partial charge >= 0.3 is 0 Å². The minimum atomic E-state index is -0.611. The highest BCUT2D eigenvalue weighted by molar-refractivity contribution is 9.10. The van der Waals surface area contributed by atoms with Gasteiger partial charge in [0.1, 0.15) is 5.69 Å². The van der Waals surface area contributed by atoms with Gasteiger partial charge in [0.15, 0.2) is 5.79 Å². The fraction of sp³-hybridized carbons (Fsp3) is 0.750. The number of aryl methyl sites for hydroxylation is 1. The predicted molar refractivity (Wildman–Crippen MR) is 70.2 cm³/mol. The molecule has 1 atom stereocenters. The van der Waals surface area contributed by atoms with Crippen LogP contribution in [0.4, 0.5) is 0 Å². The van der Waals surface area contributed by atoms with Gasteiger partial charge in [0.25, 0.3) is 0 Å². The number of hydrogen-bond donors (Lipinski definition) is 2. The molecule has 0 bridgehead atoms. The largest absolute Gasteiger partial charge is 0.387 e. The second-order valence-corrected chi connectivity index (χ2v) is 5.43. The average molecular weight is 319 g/mol. The molecule has 18 heavy (non-hydrogen) atoms. The number of H-pyrrole nitrogens is 1. The van der Waals surface area contributed by atoms with Crippen LogP contribution in [0.2, 0.25) is 0 Å². The Bertz CT molecular complexity index is 402. The normalized spacial score (nSPS) is 20.2. The zero-order chi connectivity index (χ0) is 13.2. The average Bonchev–Trinajstić information content (AvgIpc) is 2.93. The maximum atomic E-state index is 10.2. The van der Waals surface area contributed by atoms with Crippen LogP contribution >= 0.6 is 15.9 Å². The molecule has 1 fully saturated rings. The lowest BCUT2D eigenvalue weighted by atomic mass is 10.1. The molecule has 2 N–H and O–H groups in total. The number of nitrogens with zero attached hydrogens (tertiary/aromatic N) is 1. The number of hydrogen-bond acceptors (Lipinski definition) is 4. The first-order valence-electron chi connectivity index (χ1n) is 6.24. The van der Waals surface area contributed by atoms with Crippen molar-refractivity contribution in [2.75, 3.05) is 13.2 Å². The van der Waals surface area contributed by atoms with E-state index in [0.29, 0.717) is 31.7 Å². The molecular formula is C12H19BrN2O3. The summed E-state index contributed by atoms with van der Waals surface area (Å²) in [6, 6.07) is 0. The van der Waals surface area contributed by atoms with Crippen molar-refractivity contribution in [3.8, 4) is 0 Å². The highest BCUT2D eigenvalue weighted by atomic mass is 79.9. The molecule has 0 aromatic carbocycles. The summed E-state index contributed by atoms with van der Waals surface area (Å²) in [5.41, 5.74) is 1.66. The van der Waals surface area contributed by atoms with E-state index >= 15 is 0 Å². The molecule has 1 aromatic heterocycles. The van der Waals surface area contributed by atoms with Crippen LogP contribution in [0.15, 0.2) is 4.47 Å². The molecule has 2 rings (SSSR count). The first kappa shape index (κ1) is 14.0. The fourth-order valence-corrected chi connectivity index (χ4v) is 2.79. The van der Waals surface area contributed by atoms with Gasteiger partial charge in [-0.3, -0.25) is 5.10 Å². The third-order valence-electron chi connectivity index (χ3n) is 3.24. The minimum absolute atomic E-state index is 0.558. The Morgan fingerprint density at radius 3 is 2.72 bits per heavy atom. The van der Waals surface area contributed by atoms with Crippen molar-refractivity contribution in [2.24, 2.45) is 0 Å². The number of halogens is 1. The number of rotatable bonds is 5. The van der Waals surface area contributed by atoms with Gasteiger partial charge < -0.3 is 14.6 Å². The maximum absolute atomic E-state index is 10.2. The number of ether oxygens (including phenoxy) is 2. The molecule has 2 heterocycles. The van der Waals surface area contributed by atoms with Crippen molar-refractivity contribution in [2.45, 2.75) is 45.0 Å². The first-order valence-corrected chi connectivity index (χ1v) is 7.03. The van der Waals surface area contributed by atoms with Crippen molar-refractivity contribution < 1.29 is 14.6 Å². The summed E-state index contributed by atoms with van der Waals surface area (Å²) in [5, 5.41) is 17.2. The van der Waals surface area contributed by atoms with Gasteiger partial charge in [0.2, 0.25) is 0 Å². The Balaban J connectivity index is 1.94. The summed E-state index contributed by atoms with van der Waals surface area (Å²) < 4.78 is 11.9. The smallest absolute Gasteiger partial charge is 0.165 e. The Labute approximate surface area is 115 Å². The maximum Gasteiger partial charge on any atom is 0.165 e. The topological polar surface area (TPSA) is 67.4 Å². The van der Waals surface area contributed by atoms with Crippen molar-refractivity contribution in [3.63, 3.8) is 0 Å². The minimum Gasteiger partial charge on any atom is -0.387 e. The van der Waals surface area contributed by atoms with E-state index in [1.165, 1.54) is 0 Å². The lowest BCUT2D eigenvalue weighted by molar-refractivity contribution is -0.151. The monoisotopic (exact) mass is 318 g/mol. The van der Waals surface area contributed by atoms with Crippen molar-refractivity contribution in [3.05, 3.63) is 15.9 Å². The van der Waals surface area contributed by atoms with Gasteiger partial charge in [-0.05, 0) is 35.7 Å². The highest BCUT2D eigenvalue weighted by Gasteiger charge is 2.32. The van der Waals surface area contributed by atoms with Crippen LogP contribution < -0.4 is 0 Å². The lowest BCUT2D eigenvalue weighted by Crippen LogP contribution is -2.26. The van der Waals surface area contributed by atoms with Gasteiger partial charge in [-0.15, -0.1) is 0 Å². The fourth-order valence-electron chi connectivity index (χ4n) is 2.07. The van der Waals surface area contributed by atoms with Gasteiger partial charge in [0, 0.05) is 12.1 Å². The molecule has 0 aliphatic carbocycles. The quantitative estimate of drug-likeness (QED) is 0.874. The van der Waals surface area contributed by atoms with E-state index in [9.17, 15) is 5.11 Å². The molecule has 1 unspecified atom stereocenters. The van der Waals surface area contributed by atoms with Gasteiger partial charge in [-0.2, -0.15) is 5.10 Å². The van der Waals surface area contributed by atoms with Crippen LogP contribution in [0.5, 0.6) is 0 Å². The van der Waals surface area contributed by atoms with Crippen LogP contribution in [0, 0.1) is 0 Å². The molecule has 5 nitrogen and oxygen atoms in total. The predicted octanol–water partition coefficient (Wildman–Crippen LogP) is 2.31. The molecule has 0 saturated carbocycles. The molecule has 1 aromatic rings. The molecular weight excluding hydrogens is 300 g/mol. The summed E-state index contributed by atoms with van der Waals surface area (Å²) in [7, 11) is 0. The van der Waals surface area contributed by atoms with E-state index in [-0.39, 0.29) is 0 Å². The van der Waals surface area contributed by atoms with Crippen LogP contribution in [-0.2, 0) is 15.9 Å².